The van der Waals surface area contributed by atoms with Gasteiger partial charge in [-0.15, -0.1) is 0 Å². The molecule has 1 rings (SSSR count). The van der Waals surface area contributed by atoms with Crippen LogP contribution in [0.25, 0.3) is 0 Å². The van der Waals surface area contributed by atoms with E-state index in [4.69, 9.17) is 0 Å². The van der Waals surface area contributed by atoms with Crippen LogP contribution in [0.5, 0.6) is 0 Å². The lowest BCUT2D eigenvalue weighted by Gasteiger charge is -2.18. The van der Waals surface area contributed by atoms with E-state index in [0.717, 1.165) is 5.56 Å². The van der Waals surface area contributed by atoms with Gasteiger partial charge in [-0.2, -0.15) is 0 Å². The van der Waals surface area contributed by atoms with Crippen molar-refractivity contribution in [1.29, 1.82) is 0 Å². The predicted molar refractivity (Wildman–Crippen MR) is 76.4 cm³/mol. The van der Waals surface area contributed by atoms with E-state index in [1.807, 2.05) is 6.07 Å². The van der Waals surface area contributed by atoms with Gasteiger partial charge in [0.05, 0.1) is 7.11 Å². The van der Waals surface area contributed by atoms with Crippen molar-refractivity contribution < 1.29 is 14.3 Å². The summed E-state index contributed by atoms with van der Waals surface area (Å²) in [6, 6.07) is 3.59. The molecule has 0 spiro atoms. The number of nitrogens with one attached hydrogen (secondary N) is 1. The molecule has 0 aliphatic heterocycles. The normalized spacial score (nSPS) is 11.4. The number of ether oxygens (including phenoxy) is 1. The minimum absolute atomic E-state index is 0.00522. The topological polar surface area (TPSA) is 68.3 Å². The van der Waals surface area contributed by atoms with Gasteiger partial charge in [0.1, 0.15) is 5.69 Å². The van der Waals surface area contributed by atoms with Crippen molar-refractivity contribution in [3.63, 3.8) is 0 Å². The van der Waals surface area contributed by atoms with Crippen molar-refractivity contribution in [3.8, 4) is 0 Å². The maximum atomic E-state index is 11.8. The molecule has 1 N–H and O–H groups in total. The van der Waals surface area contributed by atoms with Gasteiger partial charge >= 0.3 is 5.97 Å². The zero-order valence-corrected chi connectivity index (χ0v) is 12.3. The Morgan fingerprint density at radius 3 is 2.55 bits per heavy atom. The Balaban J connectivity index is 2.56. The Labute approximate surface area is 119 Å². The standard InChI is InChI=1S/C15H20N2O3/c1-15(2,3)11-7-8-12(17-10-11)14(19)16-9-5-6-13(18)20-4/h5-8,10H,9H2,1-4H3,(H,16,19)/b6-5+. The molecule has 0 bridgehead atoms. The van der Waals surface area contributed by atoms with Gasteiger partial charge in [0.15, 0.2) is 0 Å². The molecular formula is C15H20N2O3. The van der Waals surface area contributed by atoms with Crippen LogP contribution in [0.1, 0.15) is 36.8 Å². The number of carbonyl (C=O) groups excluding carboxylic acids is 2. The summed E-state index contributed by atoms with van der Waals surface area (Å²) in [6.45, 7) is 6.50. The number of hydrogen-bond acceptors (Lipinski definition) is 4. The molecule has 1 aromatic heterocycles. The Morgan fingerprint density at radius 2 is 2.05 bits per heavy atom. The highest BCUT2D eigenvalue weighted by Gasteiger charge is 2.14. The van der Waals surface area contributed by atoms with Gasteiger partial charge in [-0.3, -0.25) is 9.78 Å². The first-order valence-electron chi connectivity index (χ1n) is 6.34. The quantitative estimate of drug-likeness (QED) is 0.673. The van der Waals surface area contributed by atoms with Gasteiger partial charge in [-0.1, -0.05) is 32.9 Å². The molecule has 5 nitrogen and oxygen atoms in total. The van der Waals surface area contributed by atoms with Crippen LogP contribution in [0.2, 0.25) is 0 Å². The summed E-state index contributed by atoms with van der Waals surface area (Å²) in [6.07, 6.45) is 4.49. The smallest absolute Gasteiger partial charge is 0.330 e. The minimum atomic E-state index is -0.452. The Kier molecular flexibility index (Phi) is 5.43. The molecule has 0 aromatic carbocycles. The van der Waals surface area contributed by atoms with Crippen LogP contribution in [0.3, 0.4) is 0 Å². The molecule has 20 heavy (non-hydrogen) atoms. The molecule has 0 unspecified atom stereocenters. The fraction of sp³-hybridized carbons (Fsp3) is 0.400. The largest absolute Gasteiger partial charge is 0.466 e. The number of pyridine rings is 1. The molecule has 0 saturated carbocycles. The van der Waals surface area contributed by atoms with Crippen molar-refractivity contribution in [1.82, 2.24) is 10.3 Å². The molecule has 0 aliphatic carbocycles. The summed E-state index contributed by atoms with van der Waals surface area (Å²) in [7, 11) is 1.30. The van der Waals surface area contributed by atoms with Crippen molar-refractivity contribution >= 4 is 11.9 Å². The molecule has 0 fully saturated rings. The third-order valence-electron chi connectivity index (χ3n) is 2.70. The van der Waals surface area contributed by atoms with Crippen LogP contribution < -0.4 is 5.32 Å². The number of carbonyl (C=O) groups is 2. The van der Waals surface area contributed by atoms with Crippen LogP contribution in [0.15, 0.2) is 30.5 Å². The zero-order chi connectivity index (χ0) is 15.2. The molecule has 0 saturated heterocycles. The van der Waals surface area contributed by atoms with E-state index in [9.17, 15) is 9.59 Å². The van der Waals surface area contributed by atoms with E-state index >= 15 is 0 Å². The molecule has 1 aromatic rings. The molecular weight excluding hydrogens is 256 g/mol. The van der Waals surface area contributed by atoms with Gasteiger partial charge in [0, 0.05) is 18.8 Å². The van der Waals surface area contributed by atoms with E-state index < -0.39 is 5.97 Å². The molecule has 108 valence electrons. The van der Waals surface area contributed by atoms with E-state index in [1.165, 1.54) is 19.3 Å². The first-order valence-corrected chi connectivity index (χ1v) is 6.34. The van der Waals surface area contributed by atoms with E-state index in [0.29, 0.717) is 5.69 Å². The Morgan fingerprint density at radius 1 is 1.35 bits per heavy atom. The van der Waals surface area contributed by atoms with Gasteiger partial charge < -0.3 is 10.1 Å². The number of nitrogens with zero attached hydrogens (tertiary/aromatic N) is 1. The van der Waals surface area contributed by atoms with E-state index in [-0.39, 0.29) is 17.9 Å². The van der Waals surface area contributed by atoms with Crippen LogP contribution in [0.4, 0.5) is 0 Å². The van der Waals surface area contributed by atoms with Crippen LogP contribution >= 0.6 is 0 Å². The summed E-state index contributed by atoms with van der Waals surface area (Å²) in [4.78, 5) is 26.8. The highest BCUT2D eigenvalue weighted by Crippen LogP contribution is 2.20. The summed E-state index contributed by atoms with van der Waals surface area (Å²) < 4.78 is 4.44. The monoisotopic (exact) mass is 276 g/mol. The minimum Gasteiger partial charge on any atom is -0.466 e. The average Bonchev–Trinajstić information content (AvgIpc) is 2.42. The van der Waals surface area contributed by atoms with Crippen LogP contribution in [-0.4, -0.2) is 30.5 Å². The molecule has 0 aliphatic rings. The van der Waals surface area contributed by atoms with Crippen molar-refractivity contribution in [3.05, 3.63) is 41.7 Å². The number of esters is 1. The third kappa shape index (κ3) is 4.84. The summed E-state index contributed by atoms with van der Waals surface area (Å²) in [5, 5.41) is 2.64. The summed E-state index contributed by atoms with van der Waals surface area (Å²) in [5.41, 5.74) is 1.43. The average molecular weight is 276 g/mol. The first kappa shape index (κ1) is 15.9. The third-order valence-corrected chi connectivity index (χ3v) is 2.70. The van der Waals surface area contributed by atoms with Crippen molar-refractivity contribution in [2.45, 2.75) is 26.2 Å². The summed E-state index contributed by atoms with van der Waals surface area (Å²) >= 11 is 0. The van der Waals surface area contributed by atoms with Crippen LogP contribution in [-0.2, 0) is 14.9 Å². The van der Waals surface area contributed by atoms with Crippen molar-refractivity contribution in [2.24, 2.45) is 0 Å². The lowest BCUT2D eigenvalue weighted by atomic mass is 9.88. The lowest BCUT2D eigenvalue weighted by Crippen LogP contribution is -2.24. The molecule has 1 amide bonds. The fourth-order valence-corrected chi connectivity index (χ4v) is 1.44. The highest BCUT2D eigenvalue weighted by atomic mass is 16.5. The van der Waals surface area contributed by atoms with E-state index in [2.05, 4.69) is 35.8 Å². The summed E-state index contributed by atoms with van der Waals surface area (Å²) in [5.74, 6) is -0.730. The molecule has 0 atom stereocenters. The number of hydrogen-bond donors (Lipinski definition) is 1. The second-order valence-corrected chi connectivity index (χ2v) is 5.32. The predicted octanol–water partition coefficient (Wildman–Crippen LogP) is 1.84. The Bertz CT molecular complexity index is 499. The number of amides is 1. The fourth-order valence-electron chi connectivity index (χ4n) is 1.44. The molecule has 0 radical (unpaired) electrons. The van der Waals surface area contributed by atoms with Gasteiger partial charge in [0.25, 0.3) is 5.91 Å². The second kappa shape index (κ2) is 6.84. The van der Waals surface area contributed by atoms with Gasteiger partial charge in [-0.25, -0.2) is 4.79 Å². The maximum absolute atomic E-state index is 11.8. The first-order chi connectivity index (χ1) is 9.34. The number of aromatic nitrogens is 1. The highest BCUT2D eigenvalue weighted by molar-refractivity contribution is 5.92. The zero-order valence-electron chi connectivity index (χ0n) is 12.3. The lowest BCUT2D eigenvalue weighted by molar-refractivity contribution is -0.134. The van der Waals surface area contributed by atoms with Crippen molar-refractivity contribution in [2.75, 3.05) is 13.7 Å². The van der Waals surface area contributed by atoms with Gasteiger partial charge in [-0.05, 0) is 17.0 Å². The van der Waals surface area contributed by atoms with Crippen LogP contribution in [0, 0.1) is 0 Å². The molecule has 5 heteroatoms. The SMILES string of the molecule is COC(=O)/C=C/CNC(=O)c1ccc(C(C)(C)C)cn1. The van der Waals surface area contributed by atoms with E-state index in [1.54, 1.807) is 12.3 Å². The second-order valence-electron chi connectivity index (χ2n) is 5.32. The number of rotatable bonds is 4. The Hall–Kier alpha value is -2.17. The maximum Gasteiger partial charge on any atom is 0.330 e. The molecule has 1 heterocycles. The number of methoxy groups -OCH3 is 1. The van der Waals surface area contributed by atoms with Gasteiger partial charge in [0.2, 0.25) is 0 Å².